The molecule has 1 unspecified atom stereocenters. The lowest BCUT2D eigenvalue weighted by molar-refractivity contribution is 0.0652. The molecule has 0 saturated heterocycles. The Bertz CT molecular complexity index is 1090. The Morgan fingerprint density at radius 3 is 2.66 bits per heavy atom. The number of rotatable bonds is 6. The molecule has 1 atom stereocenters. The molecule has 3 aromatic rings. The van der Waals surface area contributed by atoms with Gasteiger partial charge in [-0.1, -0.05) is 25.5 Å². The van der Waals surface area contributed by atoms with Crippen molar-refractivity contribution in [1.29, 1.82) is 0 Å². The van der Waals surface area contributed by atoms with Crippen LogP contribution in [0.5, 0.6) is 0 Å². The monoisotopic (exact) mass is 390 g/mol. The zero-order valence-electron chi connectivity index (χ0n) is 16.4. The Hall–Kier alpha value is -3.48. The van der Waals surface area contributed by atoms with E-state index in [4.69, 9.17) is 0 Å². The van der Waals surface area contributed by atoms with Crippen molar-refractivity contribution in [3.63, 3.8) is 0 Å². The van der Waals surface area contributed by atoms with Crippen molar-refractivity contribution in [1.82, 2.24) is 20.2 Å². The van der Waals surface area contributed by atoms with Gasteiger partial charge in [0.15, 0.2) is 0 Å². The molecule has 7 heteroatoms. The van der Waals surface area contributed by atoms with Gasteiger partial charge in [0, 0.05) is 12.1 Å². The smallest absolute Gasteiger partial charge is 0.261 e. The molecule has 2 aromatic carbocycles. The van der Waals surface area contributed by atoms with E-state index in [1.54, 1.807) is 12.1 Å². The number of hydrogen-bond donors (Lipinski definition) is 2. The molecule has 0 aliphatic carbocycles. The molecule has 0 fully saturated rings. The fourth-order valence-electron chi connectivity index (χ4n) is 3.48. The third kappa shape index (κ3) is 3.40. The number of unbranched alkanes of at least 4 members (excludes halogenated alkanes) is 1. The first-order valence-corrected chi connectivity index (χ1v) is 9.75. The van der Waals surface area contributed by atoms with Gasteiger partial charge in [-0.2, -0.15) is 0 Å². The van der Waals surface area contributed by atoms with Crippen LogP contribution in [0.1, 0.15) is 69.6 Å². The SMILES string of the molecule is CCCCN1C(=O)c2ccc(C(=O)NC(C)c3nc4ccccc4[nH]3)cc2C1=O. The minimum absolute atomic E-state index is 0.287. The number of imide groups is 1. The van der Waals surface area contributed by atoms with Gasteiger partial charge in [0.05, 0.1) is 28.2 Å². The predicted octanol–water partition coefficient (Wildman–Crippen LogP) is 3.45. The van der Waals surface area contributed by atoms with Crippen molar-refractivity contribution in [3.05, 3.63) is 65.0 Å². The number of carbonyl (C=O) groups is 3. The summed E-state index contributed by atoms with van der Waals surface area (Å²) < 4.78 is 0. The molecular formula is C22H22N4O3. The van der Waals surface area contributed by atoms with E-state index < -0.39 is 0 Å². The van der Waals surface area contributed by atoms with Gasteiger partial charge >= 0.3 is 0 Å². The summed E-state index contributed by atoms with van der Waals surface area (Å²) in [5, 5.41) is 2.89. The van der Waals surface area contributed by atoms with Crippen molar-refractivity contribution >= 4 is 28.8 Å². The van der Waals surface area contributed by atoms with Gasteiger partial charge in [0.2, 0.25) is 0 Å². The second-order valence-electron chi connectivity index (χ2n) is 7.21. The van der Waals surface area contributed by atoms with Crippen molar-refractivity contribution in [2.45, 2.75) is 32.7 Å². The summed E-state index contributed by atoms with van der Waals surface area (Å²) >= 11 is 0. The summed E-state index contributed by atoms with van der Waals surface area (Å²) in [6, 6.07) is 11.9. The highest BCUT2D eigenvalue weighted by atomic mass is 16.2. The predicted molar refractivity (Wildman–Crippen MR) is 109 cm³/mol. The molecule has 1 aliphatic rings. The summed E-state index contributed by atoms with van der Waals surface area (Å²) in [5.41, 5.74) is 2.71. The quantitative estimate of drug-likeness (QED) is 0.630. The molecule has 0 radical (unpaired) electrons. The van der Waals surface area contributed by atoms with Crippen molar-refractivity contribution in [3.8, 4) is 0 Å². The van der Waals surface area contributed by atoms with Crippen LogP contribution in [0.2, 0.25) is 0 Å². The van der Waals surface area contributed by atoms with Gasteiger partial charge in [0.25, 0.3) is 17.7 Å². The molecule has 1 aliphatic heterocycles. The van der Waals surface area contributed by atoms with Crippen LogP contribution in [0.3, 0.4) is 0 Å². The maximum absolute atomic E-state index is 12.7. The number of nitrogens with one attached hydrogen (secondary N) is 2. The molecule has 1 aromatic heterocycles. The molecule has 0 bridgehead atoms. The number of nitrogens with zero attached hydrogens (tertiary/aromatic N) is 2. The average molecular weight is 390 g/mol. The van der Waals surface area contributed by atoms with Gasteiger partial charge in [0.1, 0.15) is 5.82 Å². The van der Waals surface area contributed by atoms with Gasteiger partial charge in [-0.3, -0.25) is 19.3 Å². The first-order valence-electron chi connectivity index (χ1n) is 9.75. The molecule has 29 heavy (non-hydrogen) atoms. The Balaban J connectivity index is 1.52. The van der Waals surface area contributed by atoms with E-state index >= 15 is 0 Å². The van der Waals surface area contributed by atoms with Crippen LogP contribution in [0.4, 0.5) is 0 Å². The fourth-order valence-corrected chi connectivity index (χ4v) is 3.48. The highest BCUT2D eigenvalue weighted by molar-refractivity contribution is 6.22. The minimum Gasteiger partial charge on any atom is -0.342 e. The third-order valence-corrected chi connectivity index (χ3v) is 5.13. The number of fused-ring (bicyclic) bond motifs is 2. The lowest BCUT2D eigenvalue weighted by Gasteiger charge is -2.12. The van der Waals surface area contributed by atoms with Crippen LogP contribution < -0.4 is 5.32 Å². The molecule has 2 N–H and O–H groups in total. The van der Waals surface area contributed by atoms with Crippen LogP contribution >= 0.6 is 0 Å². The second kappa shape index (κ2) is 7.50. The minimum atomic E-state index is -0.346. The summed E-state index contributed by atoms with van der Waals surface area (Å²) in [6.07, 6.45) is 1.65. The zero-order chi connectivity index (χ0) is 20.5. The Morgan fingerprint density at radius 1 is 1.14 bits per heavy atom. The van der Waals surface area contributed by atoms with E-state index in [9.17, 15) is 14.4 Å². The maximum atomic E-state index is 12.7. The Labute approximate surface area is 168 Å². The molecule has 2 heterocycles. The maximum Gasteiger partial charge on any atom is 0.261 e. The van der Waals surface area contributed by atoms with Crippen molar-refractivity contribution in [2.75, 3.05) is 6.54 Å². The largest absolute Gasteiger partial charge is 0.342 e. The summed E-state index contributed by atoms with van der Waals surface area (Å²) in [6.45, 7) is 4.24. The number of aromatic nitrogens is 2. The molecule has 3 amide bonds. The number of hydrogen-bond acceptors (Lipinski definition) is 4. The van der Waals surface area contributed by atoms with Crippen LogP contribution in [-0.4, -0.2) is 39.1 Å². The standard InChI is InChI=1S/C22H22N4O3/c1-3-4-11-26-21(28)15-10-9-14(12-16(15)22(26)29)20(27)23-13(2)19-24-17-7-5-6-8-18(17)25-19/h5-10,12-13H,3-4,11H2,1-2H3,(H,23,27)(H,24,25). The van der Waals surface area contributed by atoms with Gasteiger partial charge in [-0.05, 0) is 43.7 Å². The first-order chi connectivity index (χ1) is 14.0. The summed E-state index contributed by atoms with van der Waals surface area (Å²) in [7, 11) is 0. The van der Waals surface area contributed by atoms with Gasteiger partial charge in [-0.15, -0.1) is 0 Å². The van der Waals surface area contributed by atoms with E-state index in [2.05, 4.69) is 15.3 Å². The van der Waals surface area contributed by atoms with E-state index in [0.717, 1.165) is 23.9 Å². The molecular weight excluding hydrogens is 368 g/mol. The average Bonchev–Trinajstić information content (AvgIpc) is 3.26. The molecule has 148 valence electrons. The normalized spacial score (nSPS) is 14.3. The zero-order valence-corrected chi connectivity index (χ0v) is 16.4. The van der Waals surface area contributed by atoms with E-state index in [0.29, 0.717) is 23.5 Å². The van der Waals surface area contributed by atoms with E-state index in [1.807, 2.05) is 38.1 Å². The molecule has 7 nitrogen and oxygen atoms in total. The lowest BCUT2D eigenvalue weighted by atomic mass is 10.1. The first kappa shape index (κ1) is 18.9. The molecule has 0 spiro atoms. The van der Waals surface area contributed by atoms with E-state index in [1.165, 1.54) is 11.0 Å². The fraction of sp³-hybridized carbons (Fsp3) is 0.273. The van der Waals surface area contributed by atoms with Crippen LogP contribution in [0.25, 0.3) is 11.0 Å². The van der Waals surface area contributed by atoms with Crippen LogP contribution in [0, 0.1) is 0 Å². The summed E-state index contributed by atoms with van der Waals surface area (Å²) in [4.78, 5) is 46.7. The van der Waals surface area contributed by atoms with Crippen molar-refractivity contribution in [2.24, 2.45) is 0 Å². The topological polar surface area (TPSA) is 95.2 Å². The highest BCUT2D eigenvalue weighted by Crippen LogP contribution is 2.25. The third-order valence-electron chi connectivity index (χ3n) is 5.13. The lowest BCUT2D eigenvalue weighted by Crippen LogP contribution is -2.30. The number of imidazole rings is 1. The molecule has 4 rings (SSSR count). The van der Waals surface area contributed by atoms with E-state index in [-0.39, 0.29) is 29.3 Å². The van der Waals surface area contributed by atoms with Crippen molar-refractivity contribution < 1.29 is 14.4 Å². The number of H-pyrrole nitrogens is 1. The van der Waals surface area contributed by atoms with Crippen LogP contribution in [-0.2, 0) is 0 Å². The number of carbonyl (C=O) groups excluding carboxylic acids is 3. The van der Waals surface area contributed by atoms with Gasteiger partial charge < -0.3 is 10.3 Å². The molecule has 0 saturated carbocycles. The second-order valence-corrected chi connectivity index (χ2v) is 7.21. The van der Waals surface area contributed by atoms with Crippen LogP contribution in [0.15, 0.2) is 42.5 Å². The Morgan fingerprint density at radius 2 is 1.90 bits per heavy atom. The van der Waals surface area contributed by atoms with Gasteiger partial charge in [-0.25, -0.2) is 4.98 Å². The number of aromatic amines is 1. The summed E-state index contributed by atoms with van der Waals surface area (Å²) in [5.74, 6) is -0.301. The Kier molecular flexibility index (Phi) is 4.88. The number of amides is 3. The number of para-hydroxylation sites is 2. The number of benzene rings is 2. The highest BCUT2D eigenvalue weighted by Gasteiger charge is 2.35.